The Morgan fingerprint density at radius 1 is 1.00 bits per heavy atom. The zero-order chi connectivity index (χ0) is 21.4. The first-order valence-corrected chi connectivity index (χ1v) is 12.3. The van der Waals surface area contributed by atoms with E-state index in [4.69, 9.17) is 4.74 Å². The Morgan fingerprint density at radius 3 is 2.13 bits per heavy atom. The first kappa shape index (κ1) is 20.8. The number of rotatable bonds is 6. The van der Waals surface area contributed by atoms with Crippen LogP contribution < -0.4 is 10.1 Å². The van der Waals surface area contributed by atoms with Crippen LogP contribution in [0.25, 0.3) is 0 Å². The van der Waals surface area contributed by atoms with Gasteiger partial charge < -0.3 is 15.0 Å². The summed E-state index contributed by atoms with van der Waals surface area (Å²) in [5.74, 6) is 3.74. The van der Waals surface area contributed by atoms with Gasteiger partial charge in [0.15, 0.2) is 0 Å². The van der Waals surface area contributed by atoms with Crippen molar-refractivity contribution in [3.05, 3.63) is 29.8 Å². The number of piperidine rings is 1. The summed E-state index contributed by atoms with van der Waals surface area (Å²) in [5, 5.41) is 3.19. The number of likely N-dealkylation sites (tertiary alicyclic amines) is 1. The van der Waals surface area contributed by atoms with E-state index in [9.17, 15) is 9.59 Å². The summed E-state index contributed by atoms with van der Waals surface area (Å²) in [6, 6.07) is 7.92. The zero-order valence-corrected chi connectivity index (χ0v) is 18.8. The lowest BCUT2D eigenvalue weighted by Crippen LogP contribution is -2.56. The fourth-order valence-corrected chi connectivity index (χ4v) is 7.27. The number of carbonyl (C=O) groups excluding carboxylic acids is 2. The zero-order valence-electron chi connectivity index (χ0n) is 18.8. The van der Waals surface area contributed by atoms with Gasteiger partial charge in [-0.25, -0.2) is 0 Å². The second-order valence-corrected chi connectivity index (χ2v) is 10.6. The first-order chi connectivity index (χ1) is 15.0. The summed E-state index contributed by atoms with van der Waals surface area (Å²) < 4.78 is 5.46. The van der Waals surface area contributed by atoms with Crippen molar-refractivity contribution < 1.29 is 14.3 Å². The molecule has 1 heterocycles. The molecular formula is C26H36N2O3. The van der Waals surface area contributed by atoms with Crippen molar-refractivity contribution in [2.45, 2.75) is 70.8 Å². The van der Waals surface area contributed by atoms with Crippen LogP contribution >= 0.6 is 0 Å². The van der Waals surface area contributed by atoms with Gasteiger partial charge in [0.1, 0.15) is 5.75 Å². The van der Waals surface area contributed by atoms with Crippen molar-refractivity contribution in [3.8, 4) is 5.75 Å². The molecule has 1 aromatic rings. The topological polar surface area (TPSA) is 58.6 Å². The van der Waals surface area contributed by atoms with Crippen LogP contribution in [0.5, 0.6) is 5.75 Å². The molecule has 6 rings (SSSR count). The third-order valence-corrected chi connectivity index (χ3v) is 8.24. The Balaban J connectivity index is 1.10. The predicted octanol–water partition coefficient (Wildman–Crippen LogP) is 3.95. The number of hydrogen-bond acceptors (Lipinski definition) is 3. The van der Waals surface area contributed by atoms with Crippen molar-refractivity contribution in [1.29, 1.82) is 0 Å². The first-order valence-electron chi connectivity index (χ1n) is 12.3. The molecule has 4 saturated carbocycles. The molecule has 1 aliphatic heterocycles. The van der Waals surface area contributed by atoms with Gasteiger partial charge in [-0.2, -0.15) is 0 Å². The second kappa shape index (κ2) is 8.48. The molecule has 1 saturated heterocycles. The molecule has 2 amide bonds. The number of amides is 2. The van der Waals surface area contributed by atoms with Crippen LogP contribution in [0, 0.1) is 23.2 Å². The van der Waals surface area contributed by atoms with E-state index >= 15 is 0 Å². The Morgan fingerprint density at radius 2 is 1.58 bits per heavy atom. The van der Waals surface area contributed by atoms with Crippen LogP contribution in [0.15, 0.2) is 24.3 Å². The van der Waals surface area contributed by atoms with Crippen molar-refractivity contribution >= 4 is 11.8 Å². The molecule has 168 valence electrons. The van der Waals surface area contributed by atoms with Gasteiger partial charge in [-0.1, -0.05) is 12.1 Å². The standard InChI is InChI=1S/C26H36N2O3/c1-2-31-23-5-3-18(4-6-23)14-24(29)27-22-7-9-28(10-8-22)25(30)26-15-19-11-20(16-26)13-21(12-19)17-26/h3-6,19-22H,2,7-17H2,1H3,(H,27,29). The molecule has 4 aliphatic carbocycles. The number of ether oxygens (including phenoxy) is 1. The maximum Gasteiger partial charge on any atom is 0.228 e. The molecule has 0 radical (unpaired) electrons. The molecule has 0 aromatic heterocycles. The lowest BCUT2D eigenvalue weighted by Gasteiger charge is -2.57. The fourth-order valence-electron chi connectivity index (χ4n) is 7.27. The number of nitrogens with one attached hydrogen (secondary N) is 1. The molecule has 0 spiro atoms. The lowest BCUT2D eigenvalue weighted by atomic mass is 9.49. The molecular weight excluding hydrogens is 388 g/mol. The summed E-state index contributed by atoms with van der Waals surface area (Å²) in [6.07, 6.45) is 9.64. The van der Waals surface area contributed by atoms with Gasteiger partial charge in [-0.3, -0.25) is 9.59 Å². The van der Waals surface area contributed by atoms with E-state index in [0.29, 0.717) is 18.9 Å². The Hall–Kier alpha value is -2.04. The van der Waals surface area contributed by atoms with Gasteiger partial charge >= 0.3 is 0 Å². The normalized spacial score (nSPS) is 32.2. The van der Waals surface area contributed by atoms with Crippen LogP contribution in [0.4, 0.5) is 0 Å². The summed E-state index contributed by atoms with van der Waals surface area (Å²) in [6.45, 7) is 4.18. The van der Waals surface area contributed by atoms with Crippen LogP contribution in [0.2, 0.25) is 0 Å². The minimum absolute atomic E-state index is 0.0432. The summed E-state index contributed by atoms with van der Waals surface area (Å²) in [7, 11) is 0. The lowest BCUT2D eigenvalue weighted by molar-refractivity contribution is -0.158. The highest BCUT2D eigenvalue weighted by Crippen LogP contribution is 2.60. The van der Waals surface area contributed by atoms with E-state index < -0.39 is 0 Å². The van der Waals surface area contributed by atoms with Crippen LogP contribution in [-0.2, 0) is 16.0 Å². The van der Waals surface area contributed by atoms with Gasteiger partial charge in [-0.05, 0) is 93.7 Å². The van der Waals surface area contributed by atoms with Crippen molar-refractivity contribution in [1.82, 2.24) is 10.2 Å². The predicted molar refractivity (Wildman–Crippen MR) is 120 cm³/mol. The Kier molecular flexibility index (Phi) is 5.70. The number of benzene rings is 1. The molecule has 5 heteroatoms. The fraction of sp³-hybridized carbons (Fsp3) is 0.692. The number of nitrogens with zero attached hydrogens (tertiary/aromatic N) is 1. The van der Waals surface area contributed by atoms with Gasteiger partial charge in [0, 0.05) is 19.1 Å². The maximum absolute atomic E-state index is 13.5. The van der Waals surface area contributed by atoms with Crippen molar-refractivity contribution in [2.24, 2.45) is 23.2 Å². The monoisotopic (exact) mass is 424 g/mol. The highest BCUT2D eigenvalue weighted by Gasteiger charge is 2.55. The quantitative estimate of drug-likeness (QED) is 0.752. The smallest absolute Gasteiger partial charge is 0.228 e. The van der Waals surface area contributed by atoms with Crippen LogP contribution in [-0.4, -0.2) is 42.5 Å². The van der Waals surface area contributed by atoms with Gasteiger partial charge in [-0.15, -0.1) is 0 Å². The number of hydrogen-bond donors (Lipinski definition) is 1. The highest BCUT2D eigenvalue weighted by atomic mass is 16.5. The third kappa shape index (κ3) is 4.33. The molecule has 0 atom stereocenters. The molecule has 4 bridgehead atoms. The Bertz CT molecular complexity index is 775. The SMILES string of the molecule is CCOc1ccc(CC(=O)NC2CCN(C(=O)C34CC5CC(CC(C5)C3)C4)CC2)cc1. The van der Waals surface area contributed by atoms with Crippen molar-refractivity contribution in [2.75, 3.05) is 19.7 Å². The van der Waals surface area contributed by atoms with E-state index in [0.717, 1.165) is 74.3 Å². The van der Waals surface area contributed by atoms with E-state index in [1.807, 2.05) is 31.2 Å². The molecule has 5 aliphatic rings. The van der Waals surface area contributed by atoms with Gasteiger partial charge in [0.2, 0.25) is 11.8 Å². The summed E-state index contributed by atoms with van der Waals surface area (Å²) >= 11 is 0. The highest BCUT2D eigenvalue weighted by molar-refractivity contribution is 5.83. The average molecular weight is 425 g/mol. The van der Waals surface area contributed by atoms with Crippen LogP contribution in [0.1, 0.15) is 63.9 Å². The van der Waals surface area contributed by atoms with Gasteiger partial charge in [0.05, 0.1) is 18.4 Å². The Labute approximate surface area is 185 Å². The average Bonchev–Trinajstić information content (AvgIpc) is 2.74. The van der Waals surface area contributed by atoms with E-state index in [-0.39, 0.29) is 17.4 Å². The molecule has 1 N–H and O–H groups in total. The largest absolute Gasteiger partial charge is 0.494 e. The van der Waals surface area contributed by atoms with E-state index in [1.165, 1.54) is 19.3 Å². The second-order valence-electron chi connectivity index (χ2n) is 10.6. The maximum atomic E-state index is 13.5. The molecule has 5 fully saturated rings. The molecule has 0 unspecified atom stereocenters. The van der Waals surface area contributed by atoms with Gasteiger partial charge in [0.25, 0.3) is 0 Å². The number of carbonyl (C=O) groups is 2. The minimum atomic E-state index is -0.0432. The molecule has 5 nitrogen and oxygen atoms in total. The van der Waals surface area contributed by atoms with Crippen LogP contribution in [0.3, 0.4) is 0 Å². The summed E-state index contributed by atoms with van der Waals surface area (Å²) in [4.78, 5) is 28.2. The molecule has 1 aromatic carbocycles. The minimum Gasteiger partial charge on any atom is -0.494 e. The third-order valence-electron chi connectivity index (χ3n) is 8.24. The van der Waals surface area contributed by atoms with E-state index in [2.05, 4.69) is 10.2 Å². The van der Waals surface area contributed by atoms with E-state index in [1.54, 1.807) is 0 Å². The van der Waals surface area contributed by atoms with Crippen molar-refractivity contribution in [3.63, 3.8) is 0 Å². The molecule has 31 heavy (non-hydrogen) atoms. The summed E-state index contributed by atoms with van der Waals surface area (Å²) in [5.41, 5.74) is 0.953.